The van der Waals surface area contributed by atoms with Crippen LogP contribution in [0, 0.1) is 0 Å². The Bertz CT molecular complexity index is 130. The van der Waals surface area contributed by atoms with Crippen LogP contribution in [0.3, 0.4) is 0 Å². The minimum Gasteiger partial charge on any atom is -0.878 e. The molecular weight excluding hydrogens is 155 g/mol. The first-order chi connectivity index (χ1) is 4.22. The smallest absolute Gasteiger partial charge is 0.878 e. The molecule has 0 spiro atoms. The molecule has 0 aromatic rings. The van der Waals surface area contributed by atoms with Crippen molar-refractivity contribution in [3.8, 4) is 0 Å². The van der Waals surface area contributed by atoms with Gasteiger partial charge in [-0.15, -0.1) is 6.26 Å². The molecule has 0 aliphatic rings. The summed E-state index contributed by atoms with van der Waals surface area (Å²) in [6.07, 6.45) is 1.91. The van der Waals surface area contributed by atoms with Crippen LogP contribution in [0.1, 0.15) is 26.7 Å². The summed E-state index contributed by atoms with van der Waals surface area (Å²) in [6.45, 7) is 3.46. The Kier molecular flexibility index (Phi) is 10.7. The third-order valence-corrected chi connectivity index (χ3v) is 1.09. The fourth-order valence-corrected chi connectivity index (χ4v) is 0.490. The van der Waals surface area contributed by atoms with Crippen LogP contribution in [0.25, 0.3) is 0 Å². The minimum atomic E-state index is -0.0347. The molecule has 10 heavy (non-hydrogen) atoms. The van der Waals surface area contributed by atoms with Crippen molar-refractivity contribution in [3.05, 3.63) is 11.8 Å². The van der Waals surface area contributed by atoms with E-state index in [1.807, 2.05) is 6.92 Å². The number of hydrogen-bond donors (Lipinski definition) is 0. The third kappa shape index (κ3) is 5.62. The number of rotatable bonds is 3. The maximum atomic E-state index is 10.7. The van der Waals surface area contributed by atoms with Gasteiger partial charge in [-0.2, -0.15) is 0 Å². The number of allylic oxidation sites excluding steroid dienone is 1. The first-order valence-corrected chi connectivity index (χ1v) is 3.04. The second kappa shape index (κ2) is 7.95. The molecule has 0 atom stereocenters. The number of ketones is 1. The molecule has 2 nitrogen and oxygen atoms in total. The zero-order chi connectivity index (χ0) is 7.28. The van der Waals surface area contributed by atoms with Crippen LogP contribution in [-0.2, 0) is 4.79 Å². The van der Waals surface area contributed by atoms with E-state index >= 15 is 0 Å². The van der Waals surface area contributed by atoms with E-state index < -0.39 is 0 Å². The van der Waals surface area contributed by atoms with E-state index in [2.05, 4.69) is 0 Å². The Balaban J connectivity index is 0. The Morgan fingerprint density at radius 2 is 2.10 bits per heavy atom. The van der Waals surface area contributed by atoms with Crippen molar-refractivity contribution in [2.24, 2.45) is 0 Å². The molecule has 0 N–H and O–H groups in total. The predicted octanol–water partition coefficient (Wildman–Crippen LogP) is -2.38. The molecule has 0 aliphatic heterocycles. The van der Waals surface area contributed by atoms with E-state index in [9.17, 15) is 9.90 Å². The second-order valence-electron chi connectivity index (χ2n) is 1.97. The van der Waals surface area contributed by atoms with Crippen molar-refractivity contribution >= 4 is 5.78 Å². The van der Waals surface area contributed by atoms with Gasteiger partial charge < -0.3 is 5.11 Å². The van der Waals surface area contributed by atoms with Gasteiger partial charge in [-0.1, -0.05) is 6.92 Å². The number of carbonyl (C=O) groups is 1. The standard InChI is InChI=1S/C7H12O2.K/c1-3-4-7(9)6(2)5-8;/h5,8H,3-4H2,1-2H3;/q;+1/p-1/b6-5-;. The number of Topliss-reactive ketones (excluding diaryl/α,β-unsaturated/α-hetero) is 1. The topological polar surface area (TPSA) is 40.1 Å². The van der Waals surface area contributed by atoms with Crippen molar-refractivity contribution in [2.45, 2.75) is 26.7 Å². The van der Waals surface area contributed by atoms with Crippen molar-refractivity contribution in [3.63, 3.8) is 0 Å². The van der Waals surface area contributed by atoms with Crippen LogP contribution >= 0.6 is 0 Å². The van der Waals surface area contributed by atoms with Crippen LogP contribution in [0.5, 0.6) is 0 Å². The molecule has 0 radical (unpaired) electrons. The van der Waals surface area contributed by atoms with Gasteiger partial charge in [0.15, 0.2) is 5.78 Å². The number of carbonyl (C=O) groups excluding carboxylic acids is 1. The first kappa shape index (κ1) is 13.4. The molecule has 0 saturated heterocycles. The van der Waals surface area contributed by atoms with Gasteiger partial charge in [0.1, 0.15) is 0 Å². The molecule has 0 saturated carbocycles. The van der Waals surface area contributed by atoms with E-state index in [0.717, 1.165) is 6.42 Å². The average Bonchev–Trinajstić information content (AvgIpc) is 1.87. The zero-order valence-corrected chi connectivity index (χ0v) is 9.93. The van der Waals surface area contributed by atoms with E-state index in [1.165, 1.54) is 0 Å². The predicted molar refractivity (Wildman–Crippen MR) is 33.7 cm³/mol. The molecule has 0 amide bonds. The van der Waals surface area contributed by atoms with E-state index in [1.54, 1.807) is 6.92 Å². The maximum Gasteiger partial charge on any atom is 1.00 e. The summed E-state index contributed by atoms with van der Waals surface area (Å²) in [5.74, 6) is -0.0347. The zero-order valence-electron chi connectivity index (χ0n) is 6.81. The first-order valence-electron chi connectivity index (χ1n) is 3.04. The molecule has 0 fully saturated rings. The summed E-state index contributed by atoms with van der Waals surface area (Å²) in [6, 6.07) is 0. The van der Waals surface area contributed by atoms with Crippen molar-refractivity contribution in [1.82, 2.24) is 0 Å². The molecule has 0 aromatic carbocycles. The van der Waals surface area contributed by atoms with Crippen LogP contribution < -0.4 is 56.5 Å². The molecule has 0 unspecified atom stereocenters. The van der Waals surface area contributed by atoms with Gasteiger partial charge in [-0.3, -0.25) is 4.79 Å². The van der Waals surface area contributed by atoms with E-state index in [-0.39, 0.29) is 57.2 Å². The van der Waals surface area contributed by atoms with Gasteiger partial charge in [-0.25, -0.2) is 0 Å². The molecule has 0 bridgehead atoms. The normalized spacial score (nSPS) is 10.4. The monoisotopic (exact) mass is 166 g/mol. The third-order valence-electron chi connectivity index (χ3n) is 1.09. The van der Waals surface area contributed by atoms with Gasteiger partial charge in [0.05, 0.1) is 0 Å². The summed E-state index contributed by atoms with van der Waals surface area (Å²) >= 11 is 0. The van der Waals surface area contributed by atoms with Gasteiger partial charge in [0.2, 0.25) is 0 Å². The summed E-state index contributed by atoms with van der Waals surface area (Å²) in [4.78, 5) is 10.7. The molecule has 52 valence electrons. The Morgan fingerprint density at radius 1 is 1.60 bits per heavy atom. The van der Waals surface area contributed by atoms with Crippen LogP contribution in [-0.4, -0.2) is 5.78 Å². The molecular formula is C7H11KO2. The van der Waals surface area contributed by atoms with E-state index in [4.69, 9.17) is 0 Å². The van der Waals surface area contributed by atoms with Crippen LogP contribution in [0.4, 0.5) is 0 Å². The quantitative estimate of drug-likeness (QED) is 0.267. The van der Waals surface area contributed by atoms with Crippen molar-refractivity contribution < 1.29 is 61.3 Å². The van der Waals surface area contributed by atoms with Gasteiger partial charge >= 0.3 is 51.4 Å². The van der Waals surface area contributed by atoms with E-state index in [0.29, 0.717) is 18.3 Å². The van der Waals surface area contributed by atoms with Crippen LogP contribution in [0.2, 0.25) is 0 Å². The maximum absolute atomic E-state index is 10.7. The minimum absolute atomic E-state index is 0. The summed E-state index contributed by atoms with van der Waals surface area (Å²) in [7, 11) is 0. The SMILES string of the molecule is CCCC(=O)/C(C)=C\[O-].[K+]. The second-order valence-corrected chi connectivity index (χ2v) is 1.97. The van der Waals surface area contributed by atoms with Crippen molar-refractivity contribution in [1.29, 1.82) is 0 Å². The summed E-state index contributed by atoms with van der Waals surface area (Å²) in [5.41, 5.74) is 0.330. The van der Waals surface area contributed by atoms with Gasteiger partial charge in [0, 0.05) is 6.42 Å². The molecule has 0 aliphatic carbocycles. The molecule has 3 heteroatoms. The Labute approximate surface area is 104 Å². The largest absolute Gasteiger partial charge is 1.00 e. The van der Waals surface area contributed by atoms with Gasteiger partial charge in [-0.05, 0) is 18.9 Å². The Hall–Kier alpha value is 0.846. The fourth-order valence-electron chi connectivity index (χ4n) is 0.490. The fraction of sp³-hybridized carbons (Fsp3) is 0.571. The molecule has 0 aromatic heterocycles. The average molecular weight is 166 g/mol. The molecule has 0 heterocycles. The molecule has 0 rings (SSSR count). The van der Waals surface area contributed by atoms with Crippen molar-refractivity contribution in [2.75, 3.05) is 0 Å². The summed E-state index contributed by atoms with van der Waals surface area (Å²) in [5, 5.41) is 9.96. The Morgan fingerprint density at radius 3 is 2.40 bits per heavy atom. The van der Waals surface area contributed by atoms with Gasteiger partial charge in [0.25, 0.3) is 0 Å². The summed E-state index contributed by atoms with van der Waals surface area (Å²) < 4.78 is 0. The number of hydrogen-bond acceptors (Lipinski definition) is 2. The van der Waals surface area contributed by atoms with Crippen LogP contribution in [0.15, 0.2) is 11.8 Å².